The molecule has 2 saturated heterocycles. The number of nitrogens with one attached hydrogen (secondary N) is 1. The molecule has 2 aliphatic rings. The van der Waals surface area contributed by atoms with Crippen LogP contribution < -0.4 is 5.32 Å². The van der Waals surface area contributed by atoms with Gasteiger partial charge in [-0.3, -0.25) is 9.59 Å². The number of nitrogens with zero attached hydrogens (tertiary/aromatic N) is 2. The smallest absolute Gasteiger partial charge is 0.242 e. The highest BCUT2D eigenvalue weighted by atomic mass is 16.2. The maximum atomic E-state index is 12.6. The van der Waals surface area contributed by atoms with Gasteiger partial charge in [0.2, 0.25) is 11.8 Å². The lowest BCUT2D eigenvalue weighted by Crippen LogP contribution is -2.57. The third-order valence-corrected chi connectivity index (χ3v) is 5.19. The molecule has 1 N–H and O–H groups in total. The fourth-order valence-corrected chi connectivity index (χ4v) is 3.95. The van der Waals surface area contributed by atoms with Crippen molar-refractivity contribution in [2.75, 3.05) is 32.7 Å². The van der Waals surface area contributed by atoms with Crippen LogP contribution in [0.5, 0.6) is 0 Å². The summed E-state index contributed by atoms with van der Waals surface area (Å²) in [6, 6.07) is -0.122. The Hall–Kier alpha value is -1.10. The molecule has 2 aliphatic heterocycles. The first kappa shape index (κ1) is 19.2. The van der Waals surface area contributed by atoms with Gasteiger partial charge in [-0.05, 0) is 43.4 Å². The van der Waals surface area contributed by atoms with Crippen LogP contribution in [-0.4, -0.2) is 60.4 Å². The largest absolute Gasteiger partial charge is 0.341 e. The summed E-state index contributed by atoms with van der Waals surface area (Å²) < 4.78 is 0. The summed E-state index contributed by atoms with van der Waals surface area (Å²) in [5.74, 6) is 2.18. The SMILES string of the molecule is CC(C)CC1CCN(C(=O)CN2CCNC(CC(C)C)C2=O)CC1. The molecular weight excluding hydrogens is 302 g/mol. The van der Waals surface area contributed by atoms with E-state index in [0.717, 1.165) is 50.7 Å². The fraction of sp³-hybridized carbons (Fsp3) is 0.895. The molecule has 5 heteroatoms. The summed E-state index contributed by atoms with van der Waals surface area (Å²) in [5.41, 5.74) is 0. The molecule has 138 valence electrons. The molecule has 0 bridgehead atoms. The van der Waals surface area contributed by atoms with Crippen LogP contribution in [0.4, 0.5) is 0 Å². The van der Waals surface area contributed by atoms with Crippen LogP contribution in [-0.2, 0) is 9.59 Å². The van der Waals surface area contributed by atoms with Gasteiger partial charge in [-0.25, -0.2) is 0 Å². The van der Waals surface area contributed by atoms with E-state index < -0.39 is 0 Å². The molecule has 0 aromatic carbocycles. The third-order valence-electron chi connectivity index (χ3n) is 5.19. The molecule has 2 heterocycles. The van der Waals surface area contributed by atoms with E-state index in [1.165, 1.54) is 6.42 Å². The number of hydrogen-bond donors (Lipinski definition) is 1. The van der Waals surface area contributed by atoms with E-state index >= 15 is 0 Å². The quantitative estimate of drug-likeness (QED) is 0.808. The highest BCUT2D eigenvalue weighted by Crippen LogP contribution is 2.24. The molecule has 0 radical (unpaired) electrons. The van der Waals surface area contributed by atoms with Gasteiger partial charge in [0, 0.05) is 26.2 Å². The van der Waals surface area contributed by atoms with Crippen molar-refractivity contribution in [3.05, 3.63) is 0 Å². The molecule has 5 nitrogen and oxygen atoms in total. The number of likely N-dealkylation sites (tertiary alicyclic amines) is 1. The van der Waals surface area contributed by atoms with Gasteiger partial charge in [0.25, 0.3) is 0 Å². The summed E-state index contributed by atoms with van der Waals surface area (Å²) in [6.07, 6.45) is 4.31. The zero-order valence-electron chi connectivity index (χ0n) is 15.9. The molecule has 0 saturated carbocycles. The fourth-order valence-electron chi connectivity index (χ4n) is 3.95. The highest BCUT2D eigenvalue weighted by Gasteiger charge is 2.31. The Bertz CT molecular complexity index is 428. The van der Waals surface area contributed by atoms with Crippen molar-refractivity contribution < 1.29 is 9.59 Å². The molecular formula is C19H35N3O2. The number of carbonyl (C=O) groups is 2. The van der Waals surface area contributed by atoms with Crippen LogP contribution in [0, 0.1) is 17.8 Å². The van der Waals surface area contributed by atoms with Crippen LogP contribution in [0.3, 0.4) is 0 Å². The Labute approximate surface area is 147 Å². The predicted molar refractivity (Wildman–Crippen MR) is 96.6 cm³/mol. The summed E-state index contributed by atoms with van der Waals surface area (Å²) in [4.78, 5) is 28.8. The zero-order chi connectivity index (χ0) is 17.7. The third kappa shape index (κ3) is 5.47. The first-order chi connectivity index (χ1) is 11.4. The Kier molecular flexibility index (Phi) is 7.08. The van der Waals surface area contributed by atoms with Crippen LogP contribution in [0.15, 0.2) is 0 Å². The van der Waals surface area contributed by atoms with Gasteiger partial charge in [-0.2, -0.15) is 0 Å². The Morgan fingerprint density at radius 3 is 2.29 bits per heavy atom. The van der Waals surface area contributed by atoms with E-state index in [2.05, 4.69) is 33.0 Å². The Balaban J connectivity index is 1.80. The minimum atomic E-state index is -0.122. The summed E-state index contributed by atoms with van der Waals surface area (Å²) >= 11 is 0. The maximum absolute atomic E-state index is 12.6. The standard InChI is InChI=1S/C19H35N3O2/c1-14(2)11-16-5-8-21(9-6-16)18(23)13-22-10-7-20-17(19(22)24)12-15(3)4/h14-17,20H,5-13H2,1-4H3. The van der Waals surface area contributed by atoms with Gasteiger partial charge in [-0.1, -0.05) is 27.7 Å². The summed E-state index contributed by atoms with van der Waals surface area (Å²) in [5, 5.41) is 3.29. The van der Waals surface area contributed by atoms with Gasteiger partial charge in [-0.15, -0.1) is 0 Å². The van der Waals surface area contributed by atoms with Crippen molar-refractivity contribution in [1.82, 2.24) is 15.1 Å². The van der Waals surface area contributed by atoms with Crippen LogP contribution in [0.2, 0.25) is 0 Å². The minimum absolute atomic E-state index is 0.0954. The number of piperazine rings is 1. The second kappa shape index (κ2) is 8.84. The number of amides is 2. The molecule has 0 aliphatic carbocycles. The Morgan fingerprint density at radius 2 is 1.71 bits per heavy atom. The van der Waals surface area contributed by atoms with E-state index in [0.29, 0.717) is 12.5 Å². The van der Waals surface area contributed by atoms with Crippen LogP contribution >= 0.6 is 0 Å². The average Bonchev–Trinajstić information content (AvgIpc) is 2.51. The topological polar surface area (TPSA) is 52.7 Å². The van der Waals surface area contributed by atoms with Crippen molar-refractivity contribution in [3.63, 3.8) is 0 Å². The lowest BCUT2D eigenvalue weighted by atomic mass is 9.88. The lowest BCUT2D eigenvalue weighted by Gasteiger charge is -2.37. The van der Waals surface area contributed by atoms with E-state index in [1.807, 2.05) is 4.90 Å². The first-order valence-corrected chi connectivity index (χ1v) is 9.66. The second-order valence-corrected chi connectivity index (χ2v) is 8.35. The van der Waals surface area contributed by atoms with Crippen molar-refractivity contribution in [2.45, 2.75) is 59.4 Å². The molecule has 0 aromatic rings. The van der Waals surface area contributed by atoms with E-state index in [-0.39, 0.29) is 24.4 Å². The monoisotopic (exact) mass is 337 g/mol. The predicted octanol–water partition coefficient (Wildman–Crippen LogP) is 2.12. The van der Waals surface area contributed by atoms with Gasteiger partial charge in [0.05, 0.1) is 12.6 Å². The van der Waals surface area contributed by atoms with Crippen LogP contribution in [0.25, 0.3) is 0 Å². The van der Waals surface area contributed by atoms with Gasteiger partial charge < -0.3 is 15.1 Å². The lowest BCUT2D eigenvalue weighted by molar-refractivity contribution is -0.144. The molecule has 1 atom stereocenters. The Morgan fingerprint density at radius 1 is 1.08 bits per heavy atom. The molecule has 1 unspecified atom stereocenters. The van der Waals surface area contributed by atoms with Gasteiger partial charge in [0.15, 0.2) is 0 Å². The van der Waals surface area contributed by atoms with Crippen LogP contribution in [0.1, 0.15) is 53.4 Å². The zero-order valence-corrected chi connectivity index (χ0v) is 15.9. The van der Waals surface area contributed by atoms with Crippen molar-refractivity contribution in [1.29, 1.82) is 0 Å². The molecule has 0 aromatic heterocycles. The van der Waals surface area contributed by atoms with Crippen molar-refractivity contribution in [3.8, 4) is 0 Å². The molecule has 2 amide bonds. The molecule has 24 heavy (non-hydrogen) atoms. The minimum Gasteiger partial charge on any atom is -0.341 e. The number of carbonyl (C=O) groups excluding carboxylic acids is 2. The number of hydrogen-bond acceptors (Lipinski definition) is 3. The van der Waals surface area contributed by atoms with Gasteiger partial charge >= 0.3 is 0 Å². The average molecular weight is 338 g/mol. The van der Waals surface area contributed by atoms with Crippen molar-refractivity contribution >= 4 is 11.8 Å². The molecule has 2 fully saturated rings. The summed E-state index contributed by atoms with van der Waals surface area (Å²) in [7, 11) is 0. The molecule has 0 spiro atoms. The molecule has 2 rings (SSSR count). The van der Waals surface area contributed by atoms with E-state index in [1.54, 1.807) is 4.90 Å². The maximum Gasteiger partial charge on any atom is 0.242 e. The normalized spacial score (nSPS) is 23.4. The number of rotatable bonds is 6. The second-order valence-electron chi connectivity index (χ2n) is 8.35. The highest BCUT2D eigenvalue weighted by molar-refractivity contribution is 5.88. The van der Waals surface area contributed by atoms with Crippen molar-refractivity contribution in [2.24, 2.45) is 17.8 Å². The van der Waals surface area contributed by atoms with E-state index in [4.69, 9.17) is 0 Å². The number of piperidine rings is 1. The first-order valence-electron chi connectivity index (χ1n) is 9.66. The summed E-state index contributed by atoms with van der Waals surface area (Å²) in [6.45, 7) is 12.2. The van der Waals surface area contributed by atoms with Gasteiger partial charge in [0.1, 0.15) is 0 Å². The van der Waals surface area contributed by atoms with E-state index in [9.17, 15) is 9.59 Å².